The molecule has 0 aliphatic rings. The van der Waals surface area contributed by atoms with E-state index in [4.69, 9.17) is 0 Å². The summed E-state index contributed by atoms with van der Waals surface area (Å²) in [6, 6.07) is 80.6. The first-order valence-corrected chi connectivity index (χ1v) is 21.1. The molecule has 0 saturated carbocycles. The Morgan fingerprint density at radius 2 is 0.327 bits per heavy atom. The van der Waals surface area contributed by atoms with Crippen LogP contribution in [0.2, 0.25) is 0 Å². The van der Waals surface area contributed by atoms with Gasteiger partial charge < -0.3 is 0 Å². The van der Waals surface area contributed by atoms with Crippen molar-refractivity contribution >= 4 is 30.8 Å². The third kappa shape index (κ3) is 6.08. The Balaban J connectivity index is 1.35. The van der Waals surface area contributed by atoms with Crippen LogP contribution in [0, 0.1) is 0 Å². The molecule has 0 nitrogen and oxygen atoms in total. The van der Waals surface area contributed by atoms with Crippen molar-refractivity contribution < 1.29 is 0 Å². The van der Waals surface area contributed by atoms with E-state index >= 15 is 0 Å². The standard InChI is InChI=1S/C48H36Ge/c1-5-13-37(14-6-1)41-21-29-45(30-22-41)49(46-31-23-42(24-32-46)38-15-7-2-8-16-38,47-33-25-43(26-34-47)39-17-9-3-10-18-39)48-35-27-44(28-36-48)40-19-11-4-12-20-40/h1-36H. The van der Waals surface area contributed by atoms with Crippen LogP contribution in [0.1, 0.15) is 0 Å². The van der Waals surface area contributed by atoms with E-state index in [0.29, 0.717) is 0 Å². The van der Waals surface area contributed by atoms with Crippen LogP contribution in [0.25, 0.3) is 44.5 Å². The van der Waals surface area contributed by atoms with Crippen molar-refractivity contribution in [1.82, 2.24) is 0 Å². The Morgan fingerprint density at radius 3 is 0.510 bits per heavy atom. The molecule has 0 fully saturated rings. The summed E-state index contributed by atoms with van der Waals surface area (Å²) in [7, 11) is 0. The molecule has 8 rings (SSSR count). The minimum absolute atomic E-state index is 1.23. The Hall–Kier alpha value is -5.70. The molecule has 49 heavy (non-hydrogen) atoms. The fourth-order valence-corrected chi connectivity index (χ4v) is 17.0. The monoisotopic (exact) mass is 686 g/mol. The number of benzene rings is 8. The second-order valence-electron chi connectivity index (χ2n) is 12.5. The van der Waals surface area contributed by atoms with Gasteiger partial charge in [0.15, 0.2) is 0 Å². The third-order valence-electron chi connectivity index (χ3n) is 9.70. The summed E-state index contributed by atoms with van der Waals surface area (Å²) >= 11 is -3.57. The van der Waals surface area contributed by atoms with Crippen molar-refractivity contribution in [2.24, 2.45) is 0 Å². The maximum absolute atomic E-state index is 3.57. The van der Waals surface area contributed by atoms with E-state index in [1.54, 1.807) is 0 Å². The molecule has 0 spiro atoms. The number of rotatable bonds is 8. The second kappa shape index (κ2) is 13.8. The molecule has 8 aromatic carbocycles. The molecule has 0 amide bonds. The van der Waals surface area contributed by atoms with Gasteiger partial charge >= 0.3 is 294 Å². The fraction of sp³-hybridized carbons (Fsp3) is 0. The Labute approximate surface area is 292 Å². The van der Waals surface area contributed by atoms with Crippen molar-refractivity contribution in [3.05, 3.63) is 218 Å². The normalized spacial score (nSPS) is 11.3. The van der Waals surface area contributed by atoms with E-state index in [0.717, 1.165) is 0 Å². The van der Waals surface area contributed by atoms with E-state index in [-0.39, 0.29) is 0 Å². The van der Waals surface area contributed by atoms with Crippen molar-refractivity contribution in [2.75, 3.05) is 0 Å². The summed E-state index contributed by atoms with van der Waals surface area (Å²) in [5, 5.41) is 0. The van der Waals surface area contributed by atoms with E-state index in [1.807, 2.05) is 0 Å². The summed E-state index contributed by atoms with van der Waals surface area (Å²) in [5.74, 6) is 0. The van der Waals surface area contributed by atoms with Crippen molar-refractivity contribution in [3.63, 3.8) is 0 Å². The van der Waals surface area contributed by atoms with Gasteiger partial charge in [0, 0.05) is 0 Å². The molecular weight excluding hydrogens is 649 g/mol. The van der Waals surface area contributed by atoms with Gasteiger partial charge in [-0.1, -0.05) is 0 Å². The first kappa shape index (κ1) is 30.6. The van der Waals surface area contributed by atoms with Crippen LogP contribution in [0.3, 0.4) is 0 Å². The SMILES string of the molecule is c1ccc(-c2cc[c]([Ge]([c]3ccc(-c4ccccc4)cc3)([c]3ccc(-c4ccccc4)cc3)[c]3ccc(-c4ccccc4)cc3)cc2)cc1. The molecule has 0 radical (unpaired) electrons. The molecule has 0 saturated heterocycles. The minimum atomic E-state index is -3.57. The van der Waals surface area contributed by atoms with Crippen LogP contribution in [-0.2, 0) is 0 Å². The van der Waals surface area contributed by atoms with Crippen LogP contribution < -0.4 is 17.6 Å². The number of hydrogen-bond donors (Lipinski definition) is 0. The van der Waals surface area contributed by atoms with Gasteiger partial charge in [-0.2, -0.15) is 0 Å². The number of hydrogen-bond acceptors (Lipinski definition) is 0. The zero-order chi connectivity index (χ0) is 32.9. The van der Waals surface area contributed by atoms with Crippen molar-refractivity contribution in [1.29, 1.82) is 0 Å². The molecule has 0 aliphatic carbocycles. The molecule has 0 aromatic heterocycles. The summed E-state index contributed by atoms with van der Waals surface area (Å²) < 4.78 is 5.64. The van der Waals surface area contributed by atoms with Gasteiger partial charge in [-0.15, -0.1) is 0 Å². The van der Waals surface area contributed by atoms with E-state index in [2.05, 4.69) is 218 Å². The topological polar surface area (TPSA) is 0 Å². The molecule has 0 atom stereocenters. The molecule has 1 heteroatoms. The molecular formula is C48H36Ge. The molecule has 0 aliphatic heterocycles. The first-order chi connectivity index (χ1) is 24.3. The molecule has 0 bridgehead atoms. The molecule has 8 aromatic rings. The zero-order valence-electron chi connectivity index (χ0n) is 27.3. The molecule has 0 heterocycles. The van der Waals surface area contributed by atoms with Crippen LogP contribution in [0.15, 0.2) is 218 Å². The third-order valence-corrected chi connectivity index (χ3v) is 19.8. The average Bonchev–Trinajstić information content (AvgIpc) is 3.20. The van der Waals surface area contributed by atoms with Gasteiger partial charge in [0.1, 0.15) is 0 Å². The second-order valence-corrected chi connectivity index (χ2v) is 20.5. The Morgan fingerprint density at radius 1 is 0.163 bits per heavy atom. The zero-order valence-corrected chi connectivity index (χ0v) is 29.4. The fourth-order valence-electron chi connectivity index (χ4n) is 7.17. The van der Waals surface area contributed by atoms with E-state index in [9.17, 15) is 0 Å². The predicted octanol–water partition coefficient (Wildman–Crippen LogP) is 9.73. The Bertz CT molecular complexity index is 1900. The van der Waals surface area contributed by atoms with Gasteiger partial charge in [-0.3, -0.25) is 0 Å². The summed E-state index contributed by atoms with van der Waals surface area (Å²) in [5.41, 5.74) is 9.88. The van der Waals surface area contributed by atoms with E-state index in [1.165, 1.54) is 62.1 Å². The van der Waals surface area contributed by atoms with Crippen molar-refractivity contribution in [2.45, 2.75) is 0 Å². The van der Waals surface area contributed by atoms with Crippen LogP contribution in [-0.4, -0.2) is 13.3 Å². The molecule has 232 valence electrons. The predicted molar refractivity (Wildman–Crippen MR) is 212 cm³/mol. The van der Waals surface area contributed by atoms with Gasteiger partial charge in [-0.25, -0.2) is 0 Å². The quantitative estimate of drug-likeness (QED) is 0.140. The van der Waals surface area contributed by atoms with Gasteiger partial charge in [-0.05, 0) is 0 Å². The summed E-state index contributed by atoms with van der Waals surface area (Å²) in [6.07, 6.45) is 0. The van der Waals surface area contributed by atoms with Crippen LogP contribution >= 0.6 is 0 Å². The molecule has 0 N–H and O–H groups in total. The first-order valence-electron chi connectivity index (χ1n) is 16.9. The average molecular weight is 685 g/mol. The maximum atomic E-state index is 2.41. The van der Waals surface area contributed by atoms with E-state index < -0.39 is 13.3 Å². The van der Waals surface area contributed by atoms with Crippen LogP contribution in [0.4, 0.5) is 0 Å². The molecule has 0 unspecified atom stereocenters. The van der Waals surface area contributed by atoms with Gasteiger partial charge in [0.25, 0.3) is 0 Å². The van der Waals surface area contributed by atoms with Gasteiger partial charge in [0.05, 0.1) is 0 Å². The Kier molecular flexibility index (Phi) is 8.63. The van der Waals surface area contributed by atoms with Crippen molar-refractivity contribution in [3.8, 4) is 44.5 Å². The van der Waals surface area contributed by atoms with Gasteiger partial charge in [0.2, 0.25) is 0 Å². The van der Waals surface area contributed by atoms with Crippen LogP contribution in [0.5, 0.6) is 0 Å². The summed E-state index contributed by atoms with van der Waals surface area (Å²) in [6.45, 7) is 0. The summed E-state index contributed by atoms with van der Waals surface area (Å²) in [4.78, 5) is 0.